The molecule has 0 saturated carbocycles. The van der Waals surface area contributed by atoms with Gasteiger partial charge in [-0.25, -0.2) is 4.39 Å². The van der Waals surface area contributed by atoms with Crippen LogP contribution in [0.4, 0.5) is 23.4 Å². The smallest absolute Gasteiger partial charge is 0.416 e. The zero-order valence-corrected chi connectivity index (χ0v) is 11.7. The lowest BCUT2D eigenvalue weighted by atomic mass is 10.0. The van der Waals surface area contributed by atoms with Gasteiger partial charge in [-0.3, -0.25) is 0 Å². The summed E-state index contributed by atoms with van der Waals surface area (Å²) < 4.78 is 63.5. The first-order valence-corrected chi connectivity index (χ1v) is 6.60. The van der Waals surface area contributed by atoms with Crippen LogP contribution in [0.5, 0.6) is 5.75 Å². The molecule has 0 unspecified atom stereocenters. The van der Waals surface area contributed by atoms with Crippen LogP contribution in [0, 0.1) is 5.82 Å². The minimum atomic E-state index is -4.69. The molecule has 2 N–H and O–H groups in total. The predicted octanol–water partition coefficient (Wildman–Crippen LogP) is 2.79. The van der Waals surface area contributed by atoms with Gasteiger partial charge in [0, 0.05) is 5.56 Å². The van der Waals surface area contributed by atoms with Crippen LogP contribution in [0.1, 0.15) is 11.1 Å². The normalized spacial score (nSPS) is 14.8. The molecule has 122 valence electrons. The molecule has 0 amide bonds. The average molecular weight is 329 g/mol. The fraction of sp³-hybridized carbons (Fsp3) is 0.286. The summed E-state index contributed by atoms with van der Waals surface area (Å²) in [6, 6.07) is 2.59. The van der Waals surface area contributed by atoms with E-state index in [1.807, 2.05) is 0 Å². The average Bonchev–Trinajstić information content (AvgIpc) is 2.54. The first kappa shape index (κ1) is 15.5. The molecule has 1 aromatic heterocycles. The van der Waals surface area contributed by atoms with E-state index < -0.39 is 17.6 Å². The summed E-state index contributed by atoms with van der Waals surface area (Å²) in [7, 11) is 0. The molecule has 2 heterocycles. The summed E-state index contributed by atoms with van der Waals surface area (Å²) in [6.07, 6.45) is -4.69. The van der Waals surface area contributed by atoms with E-state index in [0.717, 1.165) is 6.07 Å². The number of rotatable bonds is 0. The lowest BCUT2D eigenvalue weighted by molar-refractivity contribution is -0.137. The van der Waals surface area contributed by atoms with Crippen LogP contribution in [0.3, 0.4) is 0 Å². The van der Waals surface area contributed by atoms with Gasteiger partial charge in [0.25, 0.3) is 0 Å². The summed E-state index contributed by atoms with van der Waals surface area (Å²) >= 11 is 0. The van der Waals surface area contributed by atoms with Crippen molar-refractivity contribution in [1.82, 2.24) is 10.2 Å². The van der Waals surface area contributed by atoms with Crippen molar-refractivity contribution in [1.29, 1.82) is 0 Å². The van der Waals surface area contributed by atoms with Crippen molar-refractivity contribution in [3.8, 4) is 17.0 Å². The minimum Gasteiger partial charge on any atom is -0.490 e. The Labute approximate surface area is 128 Å². The highest BCUT2D eigenvalue weighted by molar-refractivity contribution is 5.72. The molecular formula is C14H11F4N3O2. The second kappa shape index (κ2) is 5.65. The number of hydrogen-bond acceptors (Lipinski definition) is 5. The maximum Gasteiger partial charge on any atom is 0.416 e. The van der Waals surface area contributed by atoms with Crippen LogP contribution in [0.25, 0.3) is 11.3 Å². The largest absolute Gasteiger partial charge is 0.490 e. The number of hydrogen-bond donors (Lipinski definition) is 1. The Bertz CT molecular complexity index is 750. The minimum absolute atomic E-state index is 0.0232. The first-order chi connectivity index (χ1) is 10.9. The van der Waals surface area contributed by atoms with Crippen molar-refractivity contribution in [3.63, 3.8) is 0 Å². The summed E-state index contributed by atoms with van der Waals surface area (Å²) in [5, 5.41) is 7.43. The van der Waals surface area contributed by atoms with E-state index in [9.17, 15) is 17.6 Å². The molecule has 0 saturated heterocycles. The molecule has 3 rings (SSSR count). The number of ether oxygens (including phenoxy) is 2. The standard InChI is InChI=1S/C14H11F4N3O2/c15-9-4-8(14(16,17)18)5-10-12(9)13-7(3-11(19)20-21-13)6-22-1-2-23-10/h3-5H,1-2,6H2,(H2,19,20). The third kappa shape index (κ3) is 3.04. The number of alkyl halides is 3. The second-order valence-electron chi connectivity index (χ2n) is 4.87. The van der Waals surface area contributed by atoms with Gasteiger partial charge in [-0.1, -0.05) is 0 Å². The number of halogens is 4. The molecule has 1 aliphatic rings. The van der Waals surface area contributed by atoms with Gasteiger partial charge in [-0.05, 0) is 18.2 Å². The Hall–Kier alpha value is -2.42. The van der Waals surface area contributed by atoms with E-state index in [1.54, 1.807) is 0 Å². The van der Waals surface area contributed by atoms with Crippen molar-refractivity contribution >= 4 is 5.82 Å². The Morgan fingerprint density at radius 1 is 1.09 bits per heavy atom. The topological polar surface area (TPSA) is 70.3 Å². The van der Waals surface area contributed by atoms with Gasteiger partial charge in [0.15, 0.2) is 0 Å². The van der Waals surface area contributed by atoms with Crippen LogP contribution in [0.2, 0.25) is 0 Å². The van der Waals surface area contributed by atoms with Crippen LogP contribution in [-0.4, -0.2) is 23.4 Å². The summed E-state index contributed by atoms with van der Waals surface area (Å²) in [6.45, 7) is 0.169. The van der Waals surface area contributed by atoms with Gasteiger partial charge in [0.05, 0.1) is 24.3 Å². The lowest BCUT2D eigenvalue weighted by Crippen LogP contribution is -2.09. The fourth-order valence-corrected chi connectivity index (χ4v) is 2.25. The van der Waals surface area contributed by atoms with E-state index >= 15 is 0 Å². The van der Waals surface area contributed by atoms with Crippen LogP contribution in [-0.2, 0) is 17.5 Å². The Kier molecular flexibility index (Phi) is 3.80. The summed E-state index contributed by atoms with van der Waals surface area (Å²) in [5.74, 6) is -1.26. The van der Waals surface area contributed by atoms with Crippen molar-refractivity contribution in [2.24, 2.45) is 0 Å². The molecule has 2 aromatic rings. The molecule has 9 heteroatoms. The lowest BCUT2D eigenvalue weighted by Gasteiger charge is -2.15. The molecule has 0 spiro atoms. The molecule has 0 aliphatic carbocycles. The van der Waals surface area contributed by atoms with Crippen molar-refractivity contribution in [2.45, 2.75) is 12.8 Å². The van der Waals surface area contributed by atoms with Crippen LogP contribution < -0.4 is 10.5 Å². The monoisotopic (exact) mass is 329 g/mol. The Morgan fingerprint density at radius 3 is 2.61 bits per heavy atom. The Balaban J connectivity index is 2.24. The molecule has 0 fully saturated rings. The third-order valence-corrected chi connectivity index (χ3v) is 3.25. The molecule has 0 bridgehead atoms. The zero-order chi connectivity index (χ0) is 16.6. The molecule has 23 heavy (non-hydrogen) atoms. The fourth-order valence-electron chi connectivity index (χ4n) is 2.25. The van der Waals surface area contributed by atoms with Crippen molar-refractivity contribution in [2.75, 3.05) is 18.9 Å². The number of nitrogens with two attached hydrogens (primary N) is 1. The SMILES string of the molecule is Nc1cc2c(nn1)-c1c(F)cc(C(F)(F)F)cc1OCCOC2. The van der Waals surface area contributed by atoms with E-state index in [0.29, 0.717) is 11.6 Å². The van der Waals surface area contributed by atoms with Gasteiger partial charge in [0.2, 0.25) is 0 Å². The Morgan fingerprint density at radius 2 is 1.87 bits per heavy atom. The quantitative estimate of drug-likeness (QED) is 0.753. The molecular weight excluding hydrogens is 318 g/mol. The third-order valence-electron chi connectivity index (χ3n) is 3.25. The molecule has 0 radical (unpaired) electrons. The zero-order valence-electron chi connectivity index (χ0n) is 11.7. The van der Waals surface area contributed by atoms with Crippen molar-refractivity contribution < 1.29 is 27.0 Å². The predicted molar refractivity (Wildman–Crippen MR) is 72.0 cm³/mol. The van der Waals surface area contributed by atoms with Gasteiger partial charge >= 0.3 is 6.18 Å². The highest BCUT2D eigenvalue weighted by atomic mass is 19.4. The van der Waals surface area contributed by atoms with E-state index in [-0.39, 0.29) is 42.6 Å². The summed E-state index contributed by atoms with van der Waals surface area (Å²) in [5.41, 5.74) is 4.68. The molecule has 1 aliphatic heterocycles. The number of nitrogens with zero attached hydrogens (tertiary/aromatic N) is 2. The van der Waals surface area contributed by atoms with E-state index in [2.05, 4.69) is 10.2 Å². The first-order valence-electron chi connectivity index (χ1n) is 6.60. The second-order valence-corrected chi connectivity index (χ2v) is 4.87. The number of anilines is 1. The van der Waals surface area contributed by atoms with E-state index in [1.165, 1.54) is 6.07 Å². The number of fused-ring (bicyclic) bond motifs is 3. The summed E-state index contributed by atoms with van der Waals surface area (Å²) in [4.78, 5) is 0. The number of benzene rings is 1. The van der Waals surface area contributed by atoms with Gasteiger partial charge in [-0.2, -0.15) is 13.2 Å². The van der Waals surface area contributed by atoms with Gasteiger partial charge in [-0.15, -0.1) is 10.2 Å². The molecule has 5 nitrogen and oxygen atoms in total. The highest BCUT2D eigenvalue weighted by Gasteiger charge is 2.34. The van der Waals surface area contributed by atoms with Crippen molar-refractivity contribution in [3.05, 3.63) is 35.1 Å². The number of aromatic nitrogens is 2. The van der Waals surface area contributed by atoms with Crippen LogP contribution in [0.15, 0.2) is 18.2 Å². The van der Waals surface area contributed by atoms with Crippen LogP contribution >= 0.6 is 0 Å². The van der Waals surface area contributed by atoms with E-state index in [4.69, 9.17) is 15.2 Å². The highest BCUT2D eigenvalue weighted by Crippen LogP contribution is 2.40. The maximum atomic E-state index is 14.4. The van der Waals surface area contributed by atoms with Gasteiger partial charge < -0.3 is 15.2 Å². The maximum absolute atomic E-state index is 14.4. The number of nitrogen functional groups attached to an aromatic ring is 1. The molecule has 0 atom stereocenters. The van der Waals surface area contributed by atoms with Gasteiger partial charge in [0.1, 0.15) is 29.7 Å². The molecule has 1 aromatic carbocycles.